The Morgan fingerprint density at radius 2 is 1.96 bits per heavy atom. The van der Waals surface area contributed by atoms with Gasteiger partial charge in [-0.05, 0) is 30.7 Å². The maximum atomic E-state index is 12.7. The van der Waals surface area contributed by atoms with E-state index in [2.05, 4.69) is 5.32 Å². The minimum atomic E-state index is -0.475. The number of halogens is 1. The molecule has 0 saturated carbocycles. The maximum absolute atomic E-state index is 12.7. The molecule has 1 N–H and O–H groups in total. The average molecular weight is 399 g/mol. The van der Waals surface area contributed by atoms with E-state index in [-0.39, 0.29) is 11.8 Å². The van der Waals surface area contributed by atoms with Crippen LogP contribution in [0.4, 0.5) is 0 Å². The van der Waals surface area contributed by atoms with Gasteiger partial charge in [0, 0.05) is 31.0 Å². The first-order chi connectivity index (χ1) is 13.5. The second kappa shape index (κ2) is 7.47. The Kier molecular flexibility index (Phi) is 5.02. The third kappa shape index (κ3) is 3.72. The quantitative estimate of drug-likeness (QED) is 0.843. The normalized spacial score (nSPS) is 18.1. The maximum Gasteiger partial charge on any atom is 0.255 e. The van der Waals surface area contributed by atoms with Crippen LogP contribution in [0, 0.1) is 6.92 Å². The molecule has 0 unspecified atom stereocenters. The molecule has 2 aromatic carbocycles. The van der Waals surface area contributed by atoms with E-state index < -0.39 is 5.60 Å². The number of nitrogens with zero attached hydrogens (tertiary/aromatic N) is 1. The van der Waals surface area contributed by atoms with E-state index in [1.54, 1.807) is 6.07 Å². The molecule has 0 atom stereocenters. The number of ether oxygens (including phenoxy) is 1. The molecule has 0 radical (unpaired) electrons. The summed E-state index contributed by atoms with van der Waals surface area (Å²) in [6.45, 7) is 3.60. The molecule has 1 spiro atoms. The summed E-state index contributed by atoms with van der Waals surface area (Å²) in [7, 11) is 0. The number of fused-ring (bicyclic) bond motifs is 1. The van der Waals surface area contributed by atoms with Crippen molar-refractivity contribution >= 4 is 23.4 Å². The predicted molar refractivity (Wildman–Crippen MR) is 108 cm³/mol. The van der Waals surface area contributed by atoms with Crippen molar-refractivity contribution < 1.29 is 14.3 Å². The van der Waals surface area contributed by atoms with Crippen LogP contribution in [0.25, 0.3) is 0 Å². The zero-order valence-electron chi connectivity index (χ0n) is 15.8. The number of carbonyl (C=O) groups excluding carboxylic acids is 2. The summed E-state index contributed by atoms with van der Waals surface area (Å²) < 4.78 is 6.33. The summed E-state index contributed by atoms with van der Waals surface area (Å²) in [6.07, 6.45) is 1.65. The third-order valence-corrected chi connectivity index (χ3v) is 5.97. The summed E-state index contributed by atoms with van der Waals surface area (Å²) in [6, 6.07) is 13.1. The zero-order chi connectivity index (χ0) is 19.7. The highest BCUT2D eigenvalue weighted by Crippen LogP contribution is 2.33. The topological polar surface area (TPSA) is 58.6 Å². The van der Waals surface area contributed by atoms with Crippen LogP contribution in [0.3, 0.4) is 0 Å². The van der Waals surface area contributed by atoms with Gasteiger partial charge in [-0.2, -0.15) is 0 Å². The lowest BCUT2D eigenvalue weighted by molar-refractivity contribution is -0.133. The van der Waals surface area contributed by atoms with Crippen molar-refractivity contribution in [2.45, 2.75) is 31.8 Å². The average Bonchev–Trinajstić information content (AvgIpc) is 2.82. The number of hydrogen-bond acceptors (Lipinski definition) is 3. The van der Waals surface area contributed by atoms with Gasteiger partial charge in [0.1, 0.15) is 11.4 Å². The van der Waals surface area contributed by atoms with E-state index in [4.69, 9.17) is 16.3 Å². The summed E-state index contributed by atoms with van der Waals surface area (Å²) in [5.74, 6) is 0.584. The lowest BCUT2D eigenvalue weighted by Crippen LogP contribution is -2.54. The predicted octanol–water partition coefficient (Wildman–Crippen LogP) is 3.37. The second-order valence-corrected chi connectivity index (χ2v) is 8.02. The van der Waals surface area contributed by atoms with Crippen LogP contribution >= 0.6 is 11.6 Å². The Hall–Kier alpha value is -2.53. The van der Waals surface area contributed by atoms with Gasteiger partial charge in [0.25, 0.3) is 5.91 Å². The molecule has 28 heavy (non-hydrogen) atoms. The molecule has 2 heterocycles. The number of amides is 2. The number of piperidine rings is 1. The Balaban J connectivity index is 1.44. The molecule has 1 saturated heterocycles. The number of benzene rings is 2. The zero-order valence-corrected chi connectivity index (χ0v) is 16.6. The lowest BCUT2D eigenvalue weighted by atomic mass is 9.90. The summed E-state index contributed by atoms with van der Waals surface area (Å²) >= 11 is 6.18. The van der Waals surface area contributed by atoms with Crippen molar-refractivity contribution in [3.8, 4) is 5.75 Å². The molecule has 0 aliphatic carbocycles. The summed E-state index contributed by atoms with van der Waals surface area (Å²) in [5.41, 5.74) is 1.97. The largest absolute Gasteiger partial charge is 0.484 e. The van der Waals surface area contributed by atoms with Crippen LogP contribution in [0.15, 0.2) is 42.5 Å². The highest BCUT2D eigenvalue weighted by Gasteiger charge is 2.40. The molecule has 2 amide bonds. The van der Waals surface area contributed by atoms with Crippen LogP contribution in [0.5, 0.6) is 5.75 Å². The SMILES string of the molecule is Cc1ccc2c(c1)C(=O)NCC1(CCN(C(=O)Cc3ccccc3Cl)CC1)O2. The fraction of sp³-hybridized carbons (Fsp3) is 0.364. The molecule has 2 aliphatic rings. The van der Waals surface area contributed by atoms with E-state index in [0.717, 1.165) is 11.1 Å². The highest BCUT2D eigenvalue weighted by atomic mass is 35.5. The Labute approximate surface area is 169 Å². The Morgan fingerprint density at radius 3 is 2.71 bits per heavy atom. The monoisotopic (exact) mass is 398 g/mol. The van der Waals surface area contributed by atoms with Gasteiger partial charge >= 0.3 is 0 Å². The van der Waals surface area contributed by atoms with Gasteiger partial charge in [-0.1, -0.05) is 41.4 Å². The first-order valence-electron chi connectivity index (χ1n) is 9.55. The van der Waals surface area contributed by atoms with E-state index in [9.17, 15) is 9.59 Å². The smallest absolute Gasteiger partial charge is 0.255 e. The molecule has 0 aromatic heterocycles. The summed E-state index contributed by atoms with van der Waals surface area (Å²) in [4.78, 5) is 27.0. The van der Waals surface area contributed by atoms with E-state index in [1.165, 1.54) is 0 Å². The van der Waals surface area contributed by atoms with Gasteiger partial charge in [-0.25, -0.2) is 0 Å². The molecule has 1 fully saturated rings. The third-order valence-electron chi connectivity index (χ3n) is 5.60. The van der Waals surface area contributed by atoms with Gasteiger partial charge in [0.05, 0.1) is 18.5 Å². The minimum Gasteiger partial charge on any atom is -0.484 e. The number of rotatable bonds is 2. The molecule has 146 valence electrons. The Morgan fingerprint density at radius 1 is 1.21 bits per heavy atom. The van der Waals surface area contributed by atoms with Gasteiger partial charge in [0.2, 0.25) is 5.91 Å². The molecule has 6 heteroatoms. The molecular formula is C22H23ClN2O3. The fourth-order valence-electron chi connectivity index (χ4n) is 3.88. The summed E-state index contributed by atoms with van der Waals surface area (Å²) in [5, 5.41) is 3.61. The van der Waals surface area contributed by atoms with Gasteiger partial charge in [-0.3, -0.25) is 9.59 Å². The van der Waals surface area contributed by atoms with Crippen LogP contribution in [-0.4, -0.2) is 41.9 Å². The van der Waals surface area contributed by atoms with Crippen LogP contribution in [0.2, 0.25) is 5.02 Å². The van der Waals surface area contributed by atoms with Crippen LogP contribution in [-0.2, 0) is 11.2 Å². The first-order valence-corrected chi connectivity index (χ1v) is 9.93. The number of aryl methyl sites for hydroxylation is 1. The second-order valence-electron chi connectivity index (χ2n) is 7.62. The number of carbonyl (C=O) groups is 2. The van der Waals surface area contributed by atoms with Crippen molar-refractivity contribution in [3.05, 3.63) is 64.2 Å². The Bertz CT molecular complexity index is 920. The van der Waals surface area contributed by atoms with Crippen LogP contribution < -0.4 is 10.1 Å². The van der Waals surface area contributed by atoms with Crippen molar-refractivity contribution in [2.75, 3.05) is 19.6 Å². The van der Waals surface area contributed by atoms with E-state index in [0.29, 0.717) is 55.2 Å². The van der Waals surface area contributed by atoms with Gasteiger partial charge in [-0.15, -0.1) is 0 Å². The molecule has 2 aromatic rings. The van der Waals surface area contributed by atoms with Crippen LogP contribution in [0.1, 0.15) is 34.3 Å². The molecular weight excluding hydrogens is 376 g/mol. The van der Waals surface area contributed by atoms with Crippen molar-refractivity contribution in [2.24, 2.45) is 0 Å². The molecule has 0 bridgehead atoms. The van der Waals surface area contributed by atoms with Crippen molar-refractivity contribution in [1.82, 2.24) is 10.2 Å². The lowest BCUT2D eigenvalue weighted by Gasteiger charge is -2.41. The molecule has 4 rings (SSSR count). The number of hydrogen-bond donors (Lipinski definition) is 1. The number of likely N-dealkylation sites (tertiary alicyclic amines) is 1. The first kappa shape index (κ1) is 18.8. The van der Waals surface area contributed by atoms with Gasteiger partial charge < -0.3 is 15.0 Å². The van der Waals surface area contributed by atoms with Crippen molar-refractivity contribution in [3.63, 3.8) is 0 Å². The highest BCUT2D eigenvalue weighted by molar-refractivity contribution is 6.31. The standard InChI is InChI=1S/C22H23ClN2O3/c1-15-6-7-19-17(12-15)21(27)24-14-22(28-19)8-10-25(11-9-22)20(26)13-16-4-2-3-5-18(16)23/h2-7,12H,8-11,13-14H2,1H3,(H,24,27). The van der Waals surface area contributed by atoms with Gasteiger partial charge in [0.15, 0.2) is 0 Å². The molecule has 5 nitrogen and oxygen atoms in total. The van der Waals surface area contributed by atoms with E-state index >= 15 is 0 Å². The minimum absolute atomic E-state index is 0.0663. The number of nitrogens with one attached hydrogen (secondary N) is 1. The molecule has 2 aliphatic heterocycles. The fourth-order valence-corrected chi connectivity index (χ4v) is 4.08. The van der Waals surface area contributed by atoms with E-state index in [1.807, 2.05) is 48.2 Å². The van der Waals surface area contributed by atoms with Crippen molar-refractivity contribution in [1.29, 1.82) is 0 Å².